The molecule has 2 aromatic heterocycles. The van der Waals surface area contributed by atoms with Crippen LogP contribution in [-0.4, -0.2) is 15.3 Å². The number of aryl methyl sites for hydroxylation is 3. The topological polar surface area (TPSA) is 29.9 Å². The van der Waals surface area contributed by atoms with E-state index in [0.717, 1.165) is 25.2 Å². The standard InChI is InChI=1S/C16H25N3S/c1-12-15(11-17-16(3,4)5)13(2)19(18-12)9-8-14-7-6-10-20-14/h6-7,10,17H,8-9,11H2,1-5H3. The summed E-state index contributed by atoms with van der Waals surface area (Å²) in [6.07, 6.45) is 1.06. The van der Waals surface area contributed by atoms with Crippen LogP contribution in [0.3, 0.4) is 0 Å². The fourth-order valence-corrected chi connectivity index (χ4v) is 2.93. The van der Waals surface area contributed by atoms with Gasteiger partial charge in [-0.3, -0.25) is 4.68 Å². The highest BCUT2D eigenvalue weighted by Gasteiger charge is 2.15. The average Bonchev–Trinajstić information content (AvgIpc) is 2.93. The summed E-state index contributed by atoms with van der Waals surface area (Å²) in [5.41, 5.74) is 3.91. The van der Waals surface area contributed by atoms with Gasteiger partial charge >= 0.3 is 0 Å². The zero-order valence-electron chi connectivity index (χ0n) is 13.2. The van der Waals surface area contributed by atoms with Crippen molar-refractivity contribution in [3.8, 4) is 0 Å². The third kappa shape index (κ3) is 3.93. The fraction of sp³-hybridized carbons (Fsp3) is 0.562. The van der Waals surface area contributed by atoms with E-state index in [1.807, 2.05) is 11.3 Å². The molecule has 0 radical (unpaired) electrons. The predicted molar refractivity (Wildman–Crippen MR) is 86.3 cm³/mol. The van der Waals surface area contributed by atoms with Crippen molar-refractivity contribution < 1.29 is 0 Å². The van der Waals surface area contributed by atoms with E-state index < -0.39 is 0 Å². The zero-order chi connectivity index (χ0) is 14.8. The van der Waals surface area contributed by atoms with E-state index in [0.29, 0.717) is 0 Å². The lowest BCUT2D eigenvalue weighted by molar-refractivity contribution is 0.423. The van der Waals surface area contributed by atoms with Crippen LogP contribution in [-0.2, 0) is 19.5 Å². The molecule has 0 spiro atoms. The van der Waals surface area contributed by atoms with Gasteiger partial charge in [-0.1, -0.05) is 6.07 Å². The summed E-state index contributed by atoms with van der Waals surface area (Å²) in [5.74, 6) is 0. The molecule has 0 saturated carbocycles. The van der Waals surface area contributed by atoms with Crippen LogP contribution in [0.15, 0.2) is 17.5 Å². The second-order valence-corrected chi connectivity index (χ2v) is 7.34. The Morgan fingerprint density at radius 3 is 2.65 bits per heavy atom. The Bertz CT molecular complexity index is 547. The number of nitrogens with one attached hydrogen (secondary N) is 1. The first-order valence-electron chi connectivity index (χ1n) is 7.17. The van der Waals surface area contributed by atoms with E-state index in [4.69, 9.17) is 5.10 Å². The molecule has 3 nitrogen and oxygen atoms in total. The van der Waals surface area contributed by atoms with E-state index >= 15 is 0 Å². The minimum Gasteiger partial charge on any atom is -0.308 e. The summed E-state index contributed by atoms with van der Waals surface area (Å²) in [7, 11) is 0. The molecular formula is C16H25N3S. The van der Waals surface area contributed by atoms with Crippen molar-refractivity contribution in [2.24, 2.45) is 0 Å². The van der Waals surface area contributed by atoms with Crippen LogP contribution in [0.1, 0.15) is 42.6 Å². The molecule has 1 N–H and O–H groups in total. The minimum atomic E-state index is 0.137. The van der Waals surface area contributed by atoms with Gasteiger partial charge in [0.2, 0.25) is 0 Å². The second-order valence-electron chi connectivity index (χ2n) is 6.31. The third-order valence-electron chi connectivity index (χ3n) is 3.48. The summed E-state index contributed by atoms with van der Waals surface area (Å²) >= 11 is 1.82. The van der Waals surface area contributed by atoms with Crippen LogP contribution in [0.4, 0.5) is 0 Å². The fourth-order valence-electron chi connectivity index (χ4n) is 2.23. The predicted octanol–water partition coefficient (Wildman–Crippen LogP) is 3.69. The molecule has 0 atom stereocenters. The Labute approximate surface area is 126 Å². The zero-order valence-corrected chi connectivity index (χ0v) is 14.0. The van der Waals surface area contributed by atoms with Crippen molar-refractivity contribution >= 4 is 11.3 Å². The van der Waals surface area contributed by atoms with Crippen LogP contribution in [0, 0.1) is 13.8 Å². The van der Waals surface area contributed by atoms with Gasteiger partial charge < -0.3 is 5.32 Å². The summed E-state index contributed by atoms with van der Waals surface area (Å²) < 4.78 is 2.15. The molecule has 0 unspecified atom stereocenters. The van der Waals surface area contributed by atoms with E-state index in [1.165, 1.54) is 16.1 Å². The lowest BCUT2D eigenvalue weighted by Crippen LogP contribution is -2.35. The van der Waals surface area contributed by atoms with Gasteiger partial charge in [-0.2, -0.15) is 5.10 Å². The van der Waals surface area contributed by atoms with Crippen molar-refractivity contribution in [1.82, 2.24) is 15.1 Å². The number of hydrogen-bond donors (Lipinski definition) is 1. The lowest BCUT2D eigenvalue weighted by atomic mass is 10.1. The maximum absolute atomic E-state index is 4.69. The Hall–Kier alpha value is -1.13. The maximum Gasteiger partial charge on any atom is 0.0641 e. The van der Waals surface area contributed by atoms with Gasteiger partial charge in [0.1, 0.15) is 0 Å². The summed E-state index contributed by atoms with van der Waals surface area (Å²) in [4.78, 5) is 1.42. The smallest absolute Gasteiger partial charge is 0.0641 e. The van der Waals surface area contributed by atoms with Gasteiger partial charge in [0.25, 0.3) is 0 Å². The highest BCUT2D eigenvalue weighted by molar-refractivity contribution is 7.09. The molecule has 0 bridgehead atoms. The normalized spacial score (nSPS) is 12.1. The monoisotopic (exact) mass is 291 g/mol. The number of thiophene rings is 1. The number of aromatic nitrogens is 2. The van der Waals surface area contributed by atoms with Crippen LogP contribution in [0.5, 0.6) is 0 Å². The van der Waals surface area contributed by atoms with Crippen molar-refractivity contribution in [2.75, 3.05) is 0 Å². The first-order valence-corrected chi connectivity index (χ1v) is 8.05. The molecule has 0 aliphatic rings. The van der Waals surface area contributed by atoms with Crippen LogP contribution in [0.25, 0.3) is 0 Å². The summed E-state index contributed by atoms with van der Waals surface area (Å²) in [6.45, 7) is 12.7. The molecule has 2 rings (SSSR count). The van der Waals surface area contributed by atoms with E-state index in [9.17, 15) is 0 Å². The maximum atomic E-state index is 4.69. The van der Waals surface area contributed by atoms with Crippen LogP contribution in [0.2, 0.25) is 0 Å². The van der Waals surface area contributed by atoms with Gasteiger partial charge in [0, 0.05) is 41.2 Å². The summed E-state index contributed by atoms with van der Waals surface area (Å²) in [6, 6.07) is 4.30. The molecule has 0 aliphatic heterocycles. The average molecular weight is 291 g/mol. The molecule has 110 valence electrons. The highest BCUT2D eigenvalue weighted by atomic mass is 32.1. The molecule has 2 aromatic rings. The van der Waals surface area contributed by atoms with Crippen molar-refractivity contribution in [2.45, 2.75) is 59.7 Å². The number of hydrogen-bond acceptors (Lipinski definition) is 3. The Morgan fingerprint density at radius 1 is 1.30 bits per heavy atom. The molecule has 2 heterocycles. The van der Waals surface area contributed by atoms with Crippen molar-refractivity contribution in [1.29, 1.82) is 0 Å². The second kappa shape index (κ2) is 6.10. The minimum absolute atomic E-state index is 0.137. The molecular weight excluding hydrogens is 266 g/mol. The number of nitrogens with zero attached hydrogens (tertiary/aromatic N) is 2. The largest absolute Gasteiger partial charge is 0.308 e. The van der Waals surface area contributed by atoms with Gasteiger partial charge in [0.15, 0.2) is 0 Å². The highest BCUT2D eigenvalue weighted by Crippen LogP contribution is 2.16. The SMILES string of the molecule is Cc1nn(CCc2cccs2)c(C)c1CNC(C)(C)C. The molecule has 0 aromatic carbocycles. The van der Waals surface area contributed by atoms with Crippen molar-refractivity contribution in [3.63, 3.8) is 0 Å². The summed E-state index contributed by atoms with van der Waals surface area (Å²) in [5, 5.41) is 10.4. The Kier molecular flexibility index (Phi) is 4.66. The van der Waals surface area contributed by atoms with Crippen molar-refractivity contribution in [3.05, 3.63) is 39.3 Å². The van der Waals surface area contributed by atoms with E-state index in [2.05, 4.69) is 62.1 Å². The van der Waals surface area contributed by atoms with E-state index in [1.54, 1.807) is 0 Å². The molecule has 0 aliphatic carbocycles. The van der Waals surface area contributed by atoms with E-state index in [-0.39, 0.29) is 5.54 Å². The quantitative estimate of drug-likeness (QED) is 0.910. The van der Waals surface area contributed by atoms with Gasteiger partial charge in [-0.25, -0.2) is 0 Å². The number of rotatable bonds is 5. The lowest BCUT2D eigenvalue weighted by Gasteiger charge is -2.20. The molecule has 0 saturated heterocycles. The van der Waals surface area contributed by atoms with Gasteiger partial charge in [-0.15, -0.1) is 11.3 Å². The van der Waals surface area contributed by atoms with Gasteiger partial charge in [0.05, 0.1) is 5.69 Å². The van der Waals surface area contributed by atoms with Gasteiger partial charge in [-0.05, 0) is 46.1 Å². The van der Waals surface area contributed by atoms with Crippen LogP contribution >= 0.6 is 11.3 Å². The molecule has 0 fully saturated rings. The first kappa shape index (κ1) is 15.3. The third-order valence-corrected chi connectivity index (χ3v) is 4.41. The Morgan fingerprint density at radius 2 is 2.05 bits per heavy atom. The Balaban J connectivity index is 2.04. The molecule has 20 heavy (non-hydrogen) atoms. The molecule has 0 amide bonds. The first-order chi connectivity index (χ1) is 9.37. The van der Waals surface area contributed by atoms with Crippen LogP contribution < -0.4 is 5.32 Å². The molecule has 4 heteroatoms.